The van der Waals surface area contributed by atoms with E-state index in [1.165, 1.54) is 22.4 Å². The zero-order chi connectivity index (χ0) is 16.9. The van der Waals surface area contributed by atoms with E-state index in [1.807, 2.05) is 6.07 Å². The number of hydrogen-bond donors (Lipinski definition) is 1. The van der Waals surface area contributed by atoms with Crippen LogP contribution in [-0.2, 0) is 0 Å². The highest BCUT2D eigenvalue weighted by molar-refractivity contribution is 5.78. The van der Waals surface area contributed by atoms with Gasteiger partial charge in [-0.2, -0.15) is 0 Å². The van der Waals surface area contributed by atoms with Gasteiger partial charge in [-0.3, -0.25) is 14.3 Å². The number of aromatic amines is 1. The summed E-state index contributed by atoms with van der Waals surface area (Å²) < 4.78 is 2.99. The van der Waals surface area contributed by atoms with Crippen LogP contribution in [0.1, 0.15) is 32.3 Å². The lowest BCUT2D eigenvalue weighted by atomic mass is 9.94. The van der Waals surface area contributed by atoms with E-state index in [2.05, 4.69) is 35.0 Å². The van der Waals surface area contributed by atoms with Crippen LogP contribution in [-0.4, -0.2) is 24.1 Å². The van der Waals surface area contributed by atoms with Gasteiger partial charge in [-0.1, -0.05) is 19.9 Å². The third kappa shape index (κ3) is 2.38. The molecule has 1 aliphatic carbocycles. The summed E-state index contributed by atoms with van der Waals surface area (Å²) in [5.41, 5.74) is 2.14. The number of imidazole rings is 1. The van der Waals surface area contributed by atoms with E-state index in [1.54, 1.807) is 16.9 Å². The van der Waals surface area contributed by atoms with Gasteiger partial charge in [0, 0.05) is 30.2 Å². The first-order chi connectivity index (χ1) is 11.4. The molecule has 0 saturated carbocycles. The van der Waals surface area contributed by atoms with Crippen molar-refractivity contribution in [2.24, 2.45) is 5.41 Å². The van der Waals surface area contributed by atoms with Gasteiger partial charge in [-0.15, -0.1) is 5.10 Å². The van der Waals surface area contributed by atoms with Crippen molar-refractivity contribution in [3.63, 3.8) is 0 Å². The third-order valence-electron chi connectivity index (χ3n) is 4.37. The summed E-state index contributed by atoms with van der Waals surface area (Å²) in [7, 11) is 0. The van der Waals surface area contributed by atoms with Crippen LogP contribution >= 0.6 is 0 Å². The van der Waals surface area contributed by atoms with Gasteiger partial charge in [0.25, 0.3) is 5.56 Å². The van der Waals surface area contributed by atoms with E-state index in [0.717, 1.165) is 24.1 Å². The Labute approximate surface area is 137 Å². The molecule has 7 heteroatoms. The minimum Gasteiger partial charge on any atom is -0.274 e. The SMILES string of the molecule is CC1(C)C=C(c2cc(-n3ccc(=O)[nH]c3=O)nn3ccnc23)CC1. The summed E-state index contributed by atoms with van der Waals surface area (Å²) in [6.45, 7) is 4.41. The van der Waals surface area contributed by atoms with Crippen molar-refractivity contribution in [3.8, 4) is 5.82 Å². The van der Waals surface area contributed by atoms with Crippen LogP contribution in [0.3, 0.4) is 0 Å². The molecule has 1 aliphatic rings. The molecule has 0 aliphatic heterocycles. The third-order valence-corrected chi connectivity index (χ3v) is 4.37. The van der Waals surface area contributed by atoms with Crippen molar-refractivity contribution in [1.82, 2.24) is 24.1 Å². The van der Waals surface area contributed by atoms with Crippen LogP contribution in [0.5, 0.6) is 0 Å². The summed E-state index contributed by atoms with van der Waals surface area (Å²) in [5, 5.41) is 4.43. The molecule has 0 aromatic carbocycles. The number of fused-ring (bicyclic) bond motifs is 1. The number of aromatic nitrogens is 5. The predicted molar refractivity (Wildman–Crippen MR) is 90.2 cm³/mol. The van der Waals surface area contributed by atoms with Gasteiger partial charge in [-0.05, 0) is 29.9 Å². The smallest absolute Gasteiger partial charge is 0.274 e. The Morgan fingerprint density at radius 3 is 2.79 bits per heavy atom. The van der Waals surface area contributed by atoms with Gasteiger partial charge in [0.1, 0.15) is 0 Å². The number of rotatable bonds is 2. The second kappa shape index (κ2) is 5.02. The molecule has 24 heavy (non-hydrogen) atoms. The van der Waals surface area contributed by atoms with Crippen molar-refractivity contribution >= 4 is 11.2 Å². The minimum atomic E-state index is -0.513. The molecule has 0 bridgehead atoms. The molecule has 3 aromatic rings. The van der Waals surface area contributed by atoms with Crippen molar-refractivity contribution < 1.29 is 0 Å². The standard InChI is InChI=1S/C17H17N5O2/c1-17(2)5-3-11(10-17)12-9-13(20-22-8-6-18-15(12)22)21-7-4-14(23)19-16(21)24/h4,6-10H,3,5H2,1-2H3,(H,19,23,24). The summed E-state index contributed by atoms with van der Waals surface area (Å²) in [4.78, 5) is 30.0. The highest BCUT2D eigenvalue weighted by Gasteiger charge is 2.25. The van der Waals surface area contributed by atoms with Gasteiger partial charge in [0.05, 0.1) is 0 Å². The van der Waals surface area contributed by atoms with Crippen LogP contribution in [0.4, 0.5) is 0 Å². The molecule has 3 aromatic heterocycles. The molecule has 3 heterocycles. The fourth-order valence-electron chi connectivity index (χ4n) is 3.14. The van der Waals surface area contributed by atoms with Crippen LogP contribution in [0.2, 0.25) is 0 Å². The Hall–Kier alpha value is -2.96. The van der Waals surface area contributed by atoms with E-state index >= 15 is 0 Å². The first-order valence-corrected chi connectivity index (χ1v) is 7.82. The Morgan fingerprint density at radius 2 is 2.08 bits per heavy atom. The van der Waals surface area contributed by atoms with Gasteiger partial charge in [0.15, 0.2) is 11.5 Å². The maximum atomic E-state index is 12.1. The molecule has 0 radical (unpaired) electrons. The molecule has 1 N–H and O–H groups in total. The number of H-pyrrole nitrogens is 1. The second-order valence-electron chi connectivity index (χ2n) is 6.75. The van der Waals surface area contributed by atoms with Crippen LogP contribution in [0, 0.1) is 5.41 Å². The van der Waals surface area contributed by atoms with Crippen molar-refractivity contribution in [2.45, 2.75) is 26.7 Å². The van der Waals surface area contributed by atoms with Crippen LogP contribution in [0.25, 0.3) is 17.0 Å². The summed E-state index contributed by atoms with van der Waals surface area (Å²) >= 11 is 0. The summed E-state index contributed by atoms with van der Waals surface area (Å²) in [6.07, 6.45) is 9.16. The Kier molecular flexibility index (Phi) is 3.06. The Bertz CT molecular complexity index is 1080. The highest BCUT2D eigenvalue weighted by atomic mass is 16.2. The first-order valence-electron chi connectivity index (χ1n) is 7.82. The van der Waals surface area contributed by atoms with E-state index in [4.69, 9.17) is 0 Å². The van der Waals surface area contributed by atoms with Crippen LogP contribution in [0.15, 0.2) is 46.4 Å². The summed E-state index contributed by atoms with van der Waals surface area (Å²) in [5.74, 6) is 0.447. The fraction of sp³-hybridized carbons (Fsp3) is 0.294. The molecular formula is C17H17N5O2. The van der Waals surface area contributed by atoms with Crippen LogP contribution < -0.4 is 11.2 Å². The molecule has 122 valence electrons. The van der Waals surface area contributed by atoms with E-state index in [0.29, 0.717) is 5.82 Å². The zero-order valence-electron chi connectivity index (χ0n) is 13.5. The molecule has 4 rings (SSSR count). The number of nitrogens with zero attached hydrogens (tertiary/aromatic N) is 4. The van der Waals surface area contributed by atoms with Gasteiger partial charge < -0.3 is 0 Å². The molecule has 0 unspecified atom stereocenters. The van der Waals surface area contributed by atoms with Gasteiger partial charge >= 0.3 is 5.69 Å². The predicted octanol–water partition coefficient (Wildman–Crippen LogP) is 1.77. The lowest BCUT2D eigenvalue weighted by molar-refractivity contribution is 0.471. The zero-order valence-corrected chi connectivity index (χ0v) is 13.5. The second-order valence-corrected chi connectivity index (χ2v) is 6.75. The molecule has 0 spiro atoms. The number of nitrogens with one attached hydrogen (secondary N) is 1. The topological polar surface area (TPSA) is 85.0 Å². The van der Waals surface area contributed by atoms with Crippen molar-refractivity contribution in [1.29, 1.82) is 0 Å². The fourth-order valence-corrected chi connectivity index (χ4v) is 3.14. The quantitative estimate of drug-likeness (QED) is 0.779. The van der Waals surface area contributed by atoms with Gasteiger partial charge in [-0.25, -0.2) is 14.3 Å². The Morgan fingerprint density at radius 1 is 1.25 bits per heavy atom. The monoisotopic (exact) mass is 323 g/mol. The highest BCUT2D eigenvalue weighted by Crippen LogP contribution is 2.40. The Balaban J connectivity index is 1.96. The maximum Gasteiger partial charge on any atom is 0.334 e. The molecule has 0 saturated heterocycles. The van der Waals surface area contributed by atoms with Gasteiger partial charge in [0.2, 0.25) is 0 Å². The minimum absolute atomic E-state index is 0.150. The number of allylic oxidation sites excluding steroid dienone is 2. The average molecular weight is 323 g/mol. The molecular weight excluding hydrogens is 306 g/mol. The van der Waals surface area contributed by atoms with E-state index in [-0.39, 0.29) is 5.41 Å². The lowest BCUT2D eigenvalue weighted by Gasteiger charge is -2.11. The first kappa shape index (κ1) is 14.6. The maximum absolute atomic E-state index is 12.1. The van der Waals surface area contributed by atoms with Crippen molar-refractivity contribution in [3.05, 3.63) is 63.2 Å². The molecule has 0 atom stereocenters. The lowest BCUT2D eigenvalue weighted by Crippen LogP contribution is -2.28. The van der Waals surface area contributed by atoms with E-state index < -0.39 is 11.2 Å². The van der Waals surface area contributed by atoms with Crippen molar-refractivity contribution in [2.75, 3.05) is 0 Å². The average Bonchev–Trinajstić information content (AvgIpc) is 3.12. The largest absolute Gasteiger partial charge is 0.334 e. The molecule has 0 fully saturated rings. The summed E-state index contributed by atoms with van der Waals surface area (Å²) in [6, 6.07) is 3.16. The number of hydrogen-bond acceptors (Lipinski definition) is 4. The normalized spacial score (nSPS) is 16.5. The molecule has 7 nitrogen and oxygen atoms in total. The molecule has 0 amide bonds. The van der Waals surface area contributed by atoms with E-state index in [9.17, 15) is 9.59 Å².